The second-order valence-corrected chi connectivity index (χ2v) is 11.0. The van der Waals surface area contributed by atoms with Crippen LogP contribution in [0.2, 0.25) is 0 Å². The van der Waals surface area contributed by atoms with Gasteiger partial charge in [0.25, 0.3) is 0 Å². The number of rotatable bonds is 12. The summed E-state index contributed by atoms with van der Waals surface area (Å²) in [5.74, 6) is 0.833. The highest BCUT2D eigenvalue weighted by Crippen LogP contribution is 2.33. The third-order valence-electron chi connectivity index (χ3n) is 5.64. The van der Waals surface area contributed by atoms with E-state index in [1.165, 1.54) is 59.2 Å². The highest BCUT2D eigenvalue weighted by molar-refractivity contribution is 7.32. The fourth-order valence-corrected chi connectivity index (χ4v) is 5.44. The summed E-state index contributed by atoms with van der Waals surface area (Å²) in [5, 5.41) is 10.2. The molecule has 0 saturated heterocycles. The predicted molar refractivity (Wildman–Crippen MR) is 123 cm³/mol. The van der Waals surface area contributed by atoms with Crippen molar-refractivity contribution in [3.05, 3.63) is 17.0 Å². The van der Waals surface area contributed by atoms with E-state index in [0.717, 1.165) is 10.7 Å². The lowest BCUT2D eigenvalue weighted by Gasteiger charge is -2.37. The Morgan fingerprint density at radius 1 is 1.00 bits per heavy atom. The minimum Gasteiger partial charge on any atom is -0.426 e. The Morgan fingerprint density at radius 2 is 1.59 bits per heavy atom. The van der Waals surface area contributed by atoms with Crippen molar-refractivity contribution in [1.29, 1.82) is 0 Å². The number of unbranched alkanes of at least 4 members (excludes halogenated alkanes) is 2. The second-order valence-electron chi connectivity index (χ2n) is 8.75. The maximum atomic E-state index is 10.2. The topological polar surface area (TPSA) is 29.5 Å². The molecule has 2 aromatic heterocycles. The lowest BCUT2D eigenvalue weighted by atomic mass is 9.86. The molecule has 0 atom stereocenters. The van der Waals surface area contributed by atoms with E-state index in [0.29, 0.717) is 0 Å². The van der Waals surface area contributed by atoms with E-state index in [1.54, 1.807) is 32.7 Å². The van der Waals surface area contributed by atoms with Crippen molar-refractivity contribution in [2.45, 2.75) is 97.7 Å². The highest BCUT2D eigenvalue weighted by atomic mass is 32.1. The molecule has 2 rings (SSSR count). The van der Waals surface area contributed by atoms with E-state index >= 15 is 0 Å². The number of hydrogen-bond donors (Lipinski definition) is 1. The first-order valence-corrected chi connectivity index (χ1v) is 12.0. The first-order valence-electron chi connectivity index (χ1n) is 10.4. The Bertz CT molecular complexity index is 657. The van der Waals surface area contributed by atoms with Gasteiger partial charge in [-0.3, -0.25) is 0 Å². The van der Waals surface area contributed by atoms with Crippen LogP contribution in [-0.2, 0) is 11.1 Å². The number of hydrogen-bond acceptors (Lipinski definition) is 4. The van der Waals surface area contributed by atoms with Gasteiger partial charge in [0, 0.05) is 19.1 Å². The van der Waals surface area contributed by atoms with Crippen LogP contribution in [0.4, 0.5) is 0 Å². The van der Waals surface area contributed by atoms with Gasteiger partial charge in [-0.15, -0.1) is 22.7 Å². The normalized spacial score (nSPS) is 13.0. The number of fused-ring (bicyclic) bond motifs is 1. The molecule has 2 nitrogen and oxygen atoms in total. The van der Waals surface area contributed by atoms with Gasteiger partial charge in [0.2, 0.25) is 0 Å². The van der Waals surface area contributed by atoms with Gasteiger partial charge in [-0.05, 0) is 52.2 Å². The Hall–Kier alpha value is -0.355. The maximum Gasteiger partial charge on any atom is 0.341 e. The van der Waals surface area contributed by atoms with Crippen LogP contribution in [0, 0.1) is 5.92 Å². The van der Waals surface area contributed by atoms with E-state index in [2.05, 4.69) is 26.0 Å². The zero-order valence-corrected chi connectivity index (χ0v) is 19.6. The minimum absolute atomic E-state index is 0.624. The molecule has 27 heavy (non-hydrogen) atoms. The fourth-order valence-electron chi connectivity index (χ4n) is 3.03. The largest absolute Gasteiger partial charge is 0.426 e. The second kappa shape index (κ2) is 9.91. The highest BCUT2D eigenvalue weighted by Gasteiger charge is 2.35. The van der Waals surface area contributed by atoms with Crippen molar-refractivity contribution < 1.29 is 9.76 Å². The standard InChI is InChI=1S/C22H36BO2S2/c1-7-9-11-16(12-10-8-2)13-17-14-18-19(26-17)15-20(27-18)23-25-22(5,6)21(3,4)24/h14-16,24H,7-13H2,1-6H3. The molecule has 0 aromatic carbocycles. The fraction of sp³-hybridized carbons (Fsp3) is 0.727. The molecule has 1 N–H and O–H groups in total. The van der Waals surface area contributed by atoms with Gasteiger partial charge < -0.3 is 9.76 Å². The van der Waals surface area contributed by atoms with Crippen LogP contribution in [0.15, 0.2) is 12.1 Å². The van der Waals surface area contributed by atoms with Crippen molar-refractivity contribution in [3.63, 3.8) is 0 Å². The molecule has 0 amide bonds. The van der Waals surface area contributed by atoms with Crippen LogP contribution in [0.25, 0.3) is 9.40 Å². The maximum absolute atomic E-state index is 10.2. The average Bonchev–Trinajstić information content (AvgIpc) is 3.12. The molecule has 1 radical (unpaired) electrons. The lowest BCUT2D eigenvalue weighted by Crippen LogP contribution is -2.49. The van der Waals surface area contributed by atoms with Crippen LogP contribution in [-0.4, -0.2) is 23.8 Å². The molecular formula is C22H36BO2S2. The SMILES string of the molecule is CCCCC(CCCC)Cc1cc2sc([B]OC(C)(C)C(C)(C)O)cc2s1. The van der Waals surface area contributed by atoms with Crippen molar-refractivity contribution in [3.8, 4) is 0 Å². The lowest BCUT2D eigenvalue weighted by molar-refractivity contribution is -0.0892. The molecule has 0 bridgehead atoms. The quantitative estimate of drug-likeness (QED) is 0.418. The molecule has 0 spiro atoms. The van der Waals surface area contributed by atoms with Crippen LogP contribution in [0.1, 0.15) is 84.9 Å². The third kappa shape index (κ3) is 6.59. The first kappa shape index (κ1) is 22.9. The summed E-state index contributed by atoms with van der Waals surface area (Å²) in [6.45, 7) is 12.0. The molecule has 151 valence electrons. The van der Waals surface area contributed by atoms with Crippen molar-refractivity contribution in [1.82, 2.24) is 0 Å². The predicted octanol–water partition coefficient (Wildman–Crippen LogP) is 6.31. The summed E-state index contributed by atoms with van der Waals surface area (Å²) in [4.78, 5) is 1.53. The molecular weight excluding hydrogens is 371 g/mol. The van der Waals surface area contributed by atoms with Gasteiger partial charge in [-0.2, -0.15) is 0 Å². The summed E-state index contributed by atoms with van der Waals surface area (Å²) in [6.07, 6.45) is 9.24. The van der Waals surface area contributed by atoms with Crippen molar-refractivity contribution in [2.24, 2.45) is 5.92 Å². The Kier molecular flexibility index (Phi) is 8.42. The smallest absolute Gasteiger partial charge is 0.341 e. The van der Waals surface area contributed by atoms with E-state index in [4.69, 9.17) is 4.65 Å². The molecule has 0 aliphatic rings. The molecule has 0 aliphatic heterocycles. The van der Waals surface area contributed by atoms with Crippen LogP contribution in [0.3, 0.4) is 0 Å². The summed E-state index contributed by atoms with van der Waals surface area (Å²) in [7, 11) is 1.81. The first-order chi connectivity index (χ1) is 12.7. The van der Waals surface area contributed by atoms with Crippen molar-refractivity contribution in [2.75, 3.05) is 0 Å². The van der Waals surface area contributed by atoms with Gasteiger partial charge in [0.05, 0.1) is 11.2 Å². The summed E-state index contributed by atoms with van der Waals surface area (Å²) >= 11 is 3.72. The zero-order chi connectivity index (χ0) is 20.1. The summed E-state index contributed by atoms with van der Waals surface area (Å²) in [6, 6.07) is 4.61. The monoisotopic (exact) mass is 407 g/mol. The Morgan fingerprint density at radius 3 is 2.11 bits per heavy atom. The average molecular weight is 407 g/mol. The molecule has 0 unspecified atom stereocenters. The Labute approximate surface area is 174 Å². The number of aliphatic hydroxyl groups is 1. The van der Waals surface area contributed by atoms with E-state index in [9.17, 15) is 5.11 Å². The third-order valence-corrected chi connectivity index (χ3v) is 7.88. The van der Waals surface area contributed by atoms with Gasteiger partial charge in [-0.1, -0.05) is 52.4 Å². The van der Waals surface area contributed by atoms with Crippen LogP contribution in [0.5, 0.6) is 0 Å². The van der Waals surface area contributed by atoms with E-state index in [1.807, 2.05) is 25.2 Å². The van der Waals surface area contributed by atoms with Gasteiger partial charge in [0.1, 0.15) is 0 Å². The summed E-state index contributed by atoms with van der Waals surface area (Å²) in [5.41, 5.74) is -1.52. The van der Waals surface area contributed by atoms with E-state index in [-0.39, 0.29) is 0 Å². The zero-order valence-electron chi connectivity index (χ0n) is 17.9. The van der Waals surface area contributed by atoms with Gasteiger partial charge >= 0.3 is 7.48 Å². The molecule has 2 aromatic rings. The van der Waals surface area contributed by atoms with Crippen molar-refractivity contribution >= 4 is 44.3 Å². The molecule has 0 saturated carbocycles. The van der Waals surface area contributed by atoms with E-state index < -0.39 is 11.2 Å². The van der Waals surface area contributed by atoms with Crippen LogP contribution >= 0.6 is 22.7 Å². The Balaban J connectivity index is 1.99. The molecule has 0 fully saturated rings. The van der Waals surface area contributed by atoms with Crippen LogP contribution < -0.4 is 4.78 Å². The van der Waals surface area contributed by atoms with Gasteiger partial charge in [0.15, 0.2) is 0 Å². The summed E-state index contributed by atoms with van der Waals surface area (Å²) < 4.78 is 9.74. The molecule has 0 aliphatic carbocycles. The minimum atomic E-state index is -0.892. The molecule has 5 heteroatoms. The molecule has 2 heterocycles. The number of thiophene rings is 2. The van der Waals surface area contributed by atoms with Gasteiger partial charge in [-0.25, -0.2) is 0 Å².